The van der Waals surface area contributed by atoms with Crippen molar-refractivity contribution in [1.29, 1.82) is 0 Å². The lowest BCUT2D eigenvalue weighted by Crippen LogP contribution is -2.23. The SMILES string of the molecule is Cc1nc(C(C)(C)C)c(N)nc1C(C)(C)C. The Kier molecular flexibility index (Phi) is 3.01. The summed E-state index contributed by atoms with van der Waals surface area (Å²) >= 11 is 0. The highest BCUT2D eigenvalue weighted by atomic mass is 14.9. The molecule has 0 aliphatic carbocycles. The number of rotatable bonds is 0. The molecule has 0 fully saturated rings. The fraction of sp³-hybridized carbons (Fsp3) is 0.692. The molecule has 0 saturated carbocycles. The third kappa shape index (κ3) is 2.52. The van der Waals surface area contributed by atoms with Gasteiger partial charge in [0.1, 0.15) is 5.82 Å². The highest BCUT2D eigenvalue weighted by Gasteiger charge is 2.25. The summed E-state index contributed by atoms with van der Waals surface area (Å²) in [6, 6.07) is 0. The summed E-state index contributed by atoms with van der Waals surface area (Å²) in [7, 11) is 0. The van der Waals surface area contributed by atoms with E-state index < -0.39 is 0 Å². The minimum absolute atomic E-state index is 0.0123. The van der Waals surface area contributed by atoms with E-state index in [9.17, 15) is 0 Å². The average Bonchev–Trinajstić information content (AvgIpc) is 2.04. The number of nitrogens with two attached hydrogens (primary N) is 1. The molecule has 0 atom stereocenters. The Bertz CT molecular complexity index is 355. The van der Waals surface area contributed by atoms with E-state index in [1.165, 1.54) is 0 Å². The molecule has 1 aromatic rings. The van der Waals surface area contributed by atoms with Crippen LogP contribution in [0.4, 0.5) is 5.82 Å². The second-order valence-corrected chi connectivity index (χ2v) is 6.39. The molecule has 0 saturated heterocycles. The largest absolute Gasteiger partial charge is 0.382 e. The summed E-state index contributed by atoms with van der Waals surface area (Å²) in [6.07, 6.45) is 0. The van der Waals surface area contributed by atoms with Crippen molar-refractivity contribution in [1.82, 2.24) is 9.97 Å². The smallest absolute Gasteiger partial charge is 0.146 e. The zero-order valence-electron chi connectivity index (χ0n) is 11.5. The summed E-state index contributed by atoms with van der Waals surface area (Å²) < 4.78 is 0. The third-order valence-electron chi connectivity index (χ3n) is 2.52. The van der Waals surface area contributed by atoms with Crippen LogP contribution >= 0.6 is 0 Å². The number of aryl methyl sites for hydroxylation is 1. The molecule has 90 valence electrons. The van der Waals surface area contributed by atoms with Crippen LogP contribution in [0.2, 0.25) is 0 Å². The normalized spacial score (nSPS) is 12.9. The second-order valence-electron chi connectivity index (χ2n) is 6.39. The van der Waals surface area contributed by atoms with Gasteiger partial charge in [-0.05, 0) is 6.92 Å². The first kappa shape index (κ1) is 12.9. The molecule has 0 spiro atoms. The van der Waals surface area contributed by atoms with Crippen LogP contribution in [0.25, 0.3) is 0 Å². The number of hydrogen-bond donors (Lipinski definition) is 1. The maximum Gasteiger partial charge on any atom is 0.146 e. The van der Waals surface area contributed by atoms with Gasteiger partial charge in [-0.2, -0.15) is 0 Å². The topological polar surface area (TPSA) is 51.8 Å². The van der Waals surface area contributed by atoms with Gasteiger partial charge in [-0.1, -0.05) is 41.5 Å². The number of anilines is 1. The van der Waals surface area contributed by atoms with Crippen LogP contribution in [0.15, 0.2) is 0 Å². The van der Waals surface area contributed by atoms with Crippen LogP contribution in [-0.2, 0) is 10.8 Å². The van der Waals surface area contributed by atoms with Crippen LogP contribution < -0.4 is 5.73 Å². The molecule has 16 heavy (non-hydrogen) atoms. The molecule has 0 bridgehead atoms. The Labute approximate surface area is 98.5 Å². The first-order chi connectivity index (χ1) is 7.03. The van der Waals surface area contributed by atoms with E-state index in [4.69, 9.17) is 5.73 Å². The van der Waals surface area contributed by atoms with E-state index in [2.05, 4.69) is 51.5 Å². The van der Waals surface area contributed by atoms with Crippen LogP contribution in [-0.4, -0.2) is 9.97 Å². The Hall–Kier alpha value is -1.12. The van der Waals surface area contributed by atoms with Gasteiger partial charge in [-0.3, -0.25) is 4.98 Å². The second kappa shape index (κ2) is 3.72. The molecule has 1 aromatic heterocycles. The Balaban J connectivity index is 3.40. The van der Waals surface area contributed by atoms with E-state index >= 15 is 0 Å². The molecule has 0 aromatic carbocycles. The quantitative estimate of drug-likeness (QED) is 0.732. The number of nitrogen functional groups attached to an aromatic ring is 1. The van der Waals surface area contributed by atoms with Crippen LogP contribution in [0.3, 0.4) is 0 Å². The molecule has 3 heteroatoms. The van der Waals surface area contributed by atoms with Crippen molar-refractivity contribution in [3.05, 3.63) is 17.1 Å². The van der Waals surface area contributed by atoms with Crippen LogP contribution in [0.5, 0.6) is 0 Å². The van der Waals surface area contributed by atoms with E-state index in [0.29, 0.717) is 5.82 Å². The molecule has 0 aliphatic heterocycles. The zero-order chi connectivity index (χ0) is 12.7. The lowest BCUT2D eigenvalue weighted by molar-refractivity contribution is 0.537. The fourth-order valence-corrected chi connectivity index (χ4v) is 1.79. The van der Waals surface area contributed by atoms with Gasteiger partial charge in [0.25, 0.3) is 0 Å². The predicted octanol–water partition coefficient (Wildman–Crippen LogP) is 2.96. The molecule has 2 N–H and O–H groups in total. The molecule has 1 rings (SSSR count). The van der Waals surface area contributed by atoms with Gasteiger partial charge in [0.05, 0.1) is 17.1 Å². The van der Waals surface area contributed by atoms with Crippen molar-refractivity contribution in [2.75, 3.05) is 5.73 Å². The first-order valence-corrected chi connectivity index (χ1v) is 5.68. The van der Waals surface area contributed by atoms with E-state index in [1.54, 1.807) is 0 Å². The highest BCUT2D eigenvalue weighted by Crippen LogP contribution is 2.29. The van der Waals surface area contributed by atoms with Crippen molar-refractivity contribution < 1.29 is 0 Å². The summed E-state index contributed by atoms with van der Waals surface area (Å²) in [4.78, 5) is 9.15. The number of hydrogen-bond acceptors (Lipinski definition) is 3. The van der Waals surface area contributed by atoms with E-state index in [1.807, 2.05) is 6.92 Å². The van der Waals surface area contributed by atoms with Crippen molar-refractivity contribution >= 4 is 5.82 Å². The molecule has 0 unspecified atom stereocenters. The molecule has 1 heterocycles. The highest BCUT2D eigenvalue weighted by molar-refractivity contribution is 5.42. The molecule has 0 amide bonds. The van der Waals surface area contributed by atoms with Gasteiger partial charge in [0, 0.05) is 10.8 Å². The van der Waals surface area contributed by atoms with Crippen molar-refractivity contribution in [3.63, 3.8) is 0 Å². The first-order valence-electron chi connectivity index (χ1n) is 5.68. The monoisotopic (exact) mass is 221 g/mol. The van der Waals surface area contributed by atoms with Gasteiger partial charge in [0.15, 0.2) is 0 Å². The Morgan fingerprint density at radius 2 is 1.25 bits per heavy atom. The summed E-state index contributed by atoms with van der Waals surface area (Å²) in [5.41, 5.74) is 8.78. The van der Waals surface area contributed by atoms with Crippen LogP contribution in [0.1, 0.15) is 58.6 Å². The standard InChI is InChI=1S/C13H23N3/c1-8-9(12(2,3)4)16-11(14)10(15-8)13(5,6)7/h1-7H3,(H2,14,16). The van der Waals surface area contributed by atoms with Gasteiger partial charge < -0.3 is 5.73 Å². The predicted molar refractivity (Wildman–Crippen MR) is 68.6 cm³/mol. The van der Waals surface area contributed by atoms with Gasteiger partial charge >= 0.3 is 0 Å². The molecular formula is C13H23N3. The molecule has 0 aliphatic rings. The lowest BCUT2D eigenvalue weighted by atomic mass is 9.88. The zero-order valence-corrected chi connectivity index (χ0v) is 11.5. The summed E-state index contributed by atoms with van der Waals surface area (Å²) in [5, 5.41) is 0. The van der Waals surface area contributed by atoms with Crippen LogP contribution in [0, 0.1) is 6.92 Å². The molecule has 3 nitrogen and oxygen atoms in total. The summed E-state index contributed by atoms with van der Waals surface area (Å²) in [6.45, 7) is 14.7. The fourth-order valence-electron chi connectivity index (χ4n) is 1.79. The lowest BCUT2D eigenvalue weighted by Gasteiger charge is -2.25. The number of nitrogens with zero attached hydrogens (tertiary/aromatic N) is 2. The minimum Gasteiger partial charge on any atom is -0.382 e. The van der Waals surface area contributed by atoms with Crippen molar-refractivity contribution in [2.24, 2.45) is 0 Å². The Morgan fingerprint density at radius 3 is 1.62 bits per heavy atom. The maximum absolute atomic E-state index is 6.00. The van der Waals surface area contributed by atoms with E-state index in [-0.39, 0.29) is 10.8 Å². The molecule has 0 radical (unpaired) electrons. The van der Waals surface area contributed by atoms with Crippen molar-refractivity contribution in [2.45, 2.75) is 59.3 Å². The third-order valence-corrected chi connectivity index (χ3v) is 2.52. The average molecular weight is 221 g/mol. The van der Waals surface area contributed by atoms with Gasteiger partial charge in [0.2, 0.25) is 0 Å². The minimum atomic E-state index is -0.0573. The van der Waals surface area contributed by atoms with Gasteiger partial charge in [-0.15, -0.1) is 0 Å². The van der Waals surface area contributed by atoms with Gasteiger partial charge in [-0.25, -0.2) is 4.98 Å². The molecular weight excluding hydrogens is 198 g/mol. The van der Waals surface area contributed by atoms with E-state index in [0.717, 1.165) is 17.1 Å². The number of aromatic nitrogens is 2. The van der Waals surface area contributed by atoms with Crippen molar-refractivity contribution in [3.8, 4) is 0 Å². The Morgan fingerprint density at radius 1 is 0.812 bits per heavy atom. The maximum atomic E-state index is 6.00. The summed E-state index contributed by atoms with van der Waals surface area (Å²) in [5.74, 6) is 0.558.